The third-order valence-corrected chi connectivity index (χ3v) is 7.67. The van der Waals surface area contributed by atoms with Crippen LogP contribution in [0.2, 0.25) is 15.1 Å². The number of rotatable bonds is 4. The summed E-state index contributed by atoms with van der Waals surface area (Å²) in [6, 6.07) is 16.6. The van der Waals surface area contributed by atoms with E-state index in [0.717, 1.165) is 16.3 Å². The van der Waals surface area contributed by atoms with Gasteiger partial charge in [-0.3, -0.25) is 9.30 Å². The smallest absolute Gasteiger partial charge is 0.266 e. The molecule has 3 aromatic rings. The number of fused-ring (bicyclic) bond motifs is 1. The fraction of sp³-hybridized carbons (Fsp3) is 0.150. The van der Waals surface area contributed by atoms with Gasteiger partial charge >= 0.3 is 0 Å². The lowest BCUT2D eigenvalue weighted by Gasteiger charge is -2.22. The zero-order chi connectivity index (χ0) is 19.9. The molecule has 0 aromatic heterocycles. The first kappa shape index (κ1) is 19.5. The van der Waals surface area contributed by atoms with Crippen LogP contribution < -0.4 is 0 Å². The highest BCUT2D eigenvalue weighted by Gasteiger charge is 2.32. The lowest BCUT2D eigenvalue weighted by atomic mass is 10.0. The number of amidine groups is 1. The van der Waals surface area contributed by atoms with Crippen molar-refractivity contribution in [2.75, 3.05) is 13.1 Å². The highest BCUT2D eigenvalue weighted by Crippen LogP contribution is 2.34. The topological polar surface area (TPSA) is 49.7 Å². The minimum absolute atomic E-state index is 0.0332. The summed E-state index contributed by atoms with van der Waals surface area (Å²) in [6.07, 6.45) is 0.402. The second kappa shape index (κ2) is 7.56. The van der Waals surface area contributed by atoms with E-state index in [2.05, 4.69) is 4.99 Å². The summed E-state index contributed by atoms with van der Waals surface area (Å²) in [5, 5.41) is 2.55. The number of hydrogen-bond acceptors (Lipinski definition) is 3. The third-order valence-electron chi connectivity index (χ3n) is 4.66. The van der Waals surface area contributed by atoms with Crippen LogP contribution in [0.3, 0.4) is 0 Å². The molecule has 1 heterocycles. The Hall–Kier alpha value is -1.79. The molecule has 144 valence electrons. The van der Waals surface area contributed by atoms with Crippen molar-refractivity contribution in [2.24, 2.45) is 4.99 Å². The molecular weight excluding hydrogens is 439 g/mol. The van der Waals surface area contributed by atoms with E-state index in [4.69, 9.17) is 34.8 Å². The molecule has 28 heavy (non-hydrogen) atoms. The summed E-state index contributed by atoms with van der Waals surface area (Å²) in [7, 11) is -3.90. The van der Waals surface area contributed by atoms with E-state index < -0.39 is 10.0 Å². The van der Waals surface area contributed by atoms with E-state index in [0.29, 0.717) is 18.8 Å². The number of hydrogen-bond donors (Lipinski definition) is 0. The van der Waals surface area contributed by atoms with Gasteiger partial charge in [0.1, 0.15) is 10.7 Å². The lowest BCUT2D eigenvalue weighted by Crippen LogP contribution is -2.35. The molecule has 4 rings (SSSR count). The van der Waals surface area contributed by atoms with Crippen LogP contribution in [0.1, 0.15) is 5.56 Å². The van der Waals surface area contributed by atoms with Crippen molar-refractivity contribution in [1.82, 2.24) is 4.31 Å². The van der Waals surface area contributed by atoms with Crippen LogP contribution in [0.25, 0.3) is 10.8 Å². The summed E-state index contributed by atoms with van der Waals surface area (Å²) < 4.78 is 27.8. The first-order valence-electron chi connectivity index (χ1n) is 8.55. The van der Waals surface area contributed by atoms with E-state index in [1.165, 1.54) is 16.4 Å². The van der Waals surface area contributed by atoms with Crippen LogP contribution in [-0.4, -0.2) is 31.6 Å². The summed E-state index contributed by atoms with van der Waals surface area (Å²) in [5.74, 6) is 0.485. The van der Waals surface area contributed by atoms with E-state index >= 15 is 0 Å². The maximum atomic E-state index is 13.2. The first-order chi connectivity index (χ1) is 13.4. The monoisotopic (exact) mass is 452 g/mol. The zero-order valence-electron chi connectivity index (χ0n) is 14.6. The quantitative estimate of drug-likeness (QED) is 0.494. The van der Waals surface area contributed by atoms with Crippen molar-refractivity contribution in [3.8, 4) is 0 Å². The fourth-order valence-electron chi connectivity index (χ4n) is 3.32. The van der Waals surface area contributed by atoms with E-state index in [1.807, 2.05) is 42.5 Å². The molecule has 0 saturated heterocycles. The minimum Gasteiger partial charge on any atom is -0.269 e. The Morgan fingerprint density at radius 3 is 2.46 bits per heavy atom. The van der Waals surface area contributed by atoms with Crippen LogP contribution in [0.15, 0.2) is 64.5 Å². The van der Waals surface area contributed by atoms with Gasteiger partial charge in [-0.05, 0) is 28.5 Å². The van der Waals surface area contributed by atoms with Gasteiger partial charge in [0.05, 0.1) is 28.2 Å². The van der Waals surface area contributed by atoms with Crippen LogP contribution in [0.5, 0.6) is 0 Å². The highest BCUT2D eigenvalue weighted by atomic mass is 35.5. The van der Waals surface area contributed by atoms with Gasteiger partial charge in [-0.2, -0.15) is 0 Å². The number of sulfonamides is 1. The average molecular weight is 454 g/mol. The average Bonchev–Trinajstić information content (AvgIpc) is 3.14. The lowest BCUT2D eigenvalue weighted by molar-refractivity contribution is 0.535. The van der Waals surface area contributed by atoms with Crippen LogP contribution in [0, 0.1) is 0 Å². The van der Waals surface area contributed by atoms with Gasteiger partial charge in [-0.1, -0.05) is 77.3 Å². The normalized spacial score (nSPS) is 14.5. The maximum absolute atomic E-state index is 13.2. The largest absolute Gasteiger partial charge is 0.269 e. The van der Waals surface area contributed by atoms with Gasteiger partial charge in [0.2, 0.25) is 0 Å². The number of aliphatic imine (C=N–C) groups is 1. The van der Waals surface area contributed by atoms with Gasteiger partial charge in [-0.15, -0.1) is 0 Å². The molecule has 1 aliphatic heterocycles. The molecule has 0 saturated carbocycles. The SMILES string of the molecule is O=S(=O)(c1cc(Cl)c(Cl)cc1Cl)N1CCN=C1Cc1cccc2ccccc12. The van der Waals surface area contributed by atoms with Gasteiger partial charge < -0.3 is 0 Å². The van der Waals surface area contributed by atoms with Crippen LogP contribution in [-0.2, 0) is 16.4 Å². The highest BCUT2D eigenvalue weighted by molar-refractivity contribution is 7.89. The molecule has 4 nitrogen and oxygen atoms in total. The standard InChI is InChI=1S/C20H15Cl3N2O2S/c21-16-11-18(23)19(12-17(16)22)28(26,27)25-9-8-24-20(25)10-14-6-3-5-13-4-1-2-7-15(13)14/h1-7,11-12H,8-10H2. The zero-order valence-corrected chi connectivity index (χ0v) is 17.7. The van der Waals surface area contributed by atoms with Crippen LogP contribution >= 0.6 is 34.8 Å². The van der Waals surface area contributed by atoms with Crippen molar-refractivity contribution in [1.29, 1.82) is 0 Å². The summed E-state index contributed by atoms with van der Waals surface area (Å²) in [6.45, 7) is 0.664. The predicted octanol–water partition coefficient (Wildman–Crippen LogP) is 5.45. The number of halogens is 3. The van der Waals surface area contributed by atoms with Crippen molar-refractivity contribution in [2.45, 2.75) is 11.3 Å². The van der Waals surface area contributed by atoms with E-state index in [1.54, 1.807) is 0 Å². The fourth-order valence-corrected chi connectivity index (χ4v) is 5.75. The minimum atomic E-state index is -3.90. The summed E-state index contributed by atoms with van der Waals surface area (Å²) in [4.78, 5) is 4.37. The second-order valence-electron chi connectivity index (χ2n) is 6.39. The van der Waals surface area contributed by atoms with E-state index in [9.17, 15) is 8.42 Å². The summed E-state index contributed by atoms with van der Waals surface area (Å²) in [5.41, 5.74) is 1.01. The Bertz CT molecular complexity index is 1200. The van der Waals surface area contributed by atoms with Crippen molar-refractivity contribution in [3.05, 3.63) is 75.2 Å². The number of nitrogens with zero attached hydrogens (tertiary/aromatic N) is 2. The molecule has 0 aliphatic carbocycles. The predicted molar refractivity (Wildman–Crippen MR) is 115 cm³/mol. The van der Waals surface area contributed by atoms with Crippen molar-refractivity contribution >= 4 is 61.4 Å². The van der Waals surface area contributed by atoms with Crippen molar-refractivity contribution in [3.63, 3.8) is 0 Å². The Morgan fingerprint density at radius 1 is 0.929 bits per heavy atom. The maximum Gasteiger partial charge on any atom is 0.266 e. The molecule has 0 amide bonds. The molecule has 0 atom stereocenters. The molecule has 0 spiro atoms. The van der Waals surface area contributed by atoms with Crippen LogP contribution in [0.4, 0.5) is 0 Å². The van der Waals surface area contributed by atoms with E-state index in [-0.39, 0.29) is 26.5 Å². The molecule has 0 unspecified atom stereocenters. The van der Waals surface area contributed by atoms with Gasteiger partial charge in [-0.25, -0.2) is 8.42 Å². The van der Waals surface area contributed by atoms with Gasteiger partial charge in [0, 0.05) is 6.42 Å². The first-order valence-corrected chi connectivity index (χ1v) is 11.1. The molecule has 3 aromatic carbocycles. The Balaban J connectivity index is 1.71. The number of benzene rings is 3. The molecular formula is C20H15Cl3N2O2S. The molecule has 0 bridgehead atoms. The van der Waals surface area contributed by atoms with Gasteiger partial charge in [0.25, 0.3) is 10.0 Å². The molecule has 0 fully saturated rings. The van der Waals surface area contributed by atoms with Crippen molar-refractivity contribution < 1.29 is 8.42 Å². The Kier molecular flexibility index (Phi) is 5.27. The molecule has 8 heteroatoms. The molecule has 0 radical (unpaired) electrons. The van der Waals surface area contributed by atoms with Gasteiger partial charge in [0.15, 0.2) is 0 Å². The second-order valence-corrected chi connectivity index (χ2v) is 9.44. The Morgan fingerprint density at radius 2 is 1.64 bits per heavy atom. The molecule has 1 aliphatic rings. The summed E-state index contributed by atoms with van der Waals surface area (Å²) >= 11 is 18.1. The Labute approximate surface area is 178 Å². The third kappa shape index (κ3) is 3.48. The molecule has 0 N–H and O–H groups in total.